The Morgan fingerprint density at radius 1 is 1.16 bits per heavy atom. The van der Waals surface area contributed by atoms with Crippen LogP contribution in [-0.2, 0) is 0 Å². The van der Waals surface area contributed by atoms with Gasteiger partial charge < -0.3 is 14.5 Å². The van der Waals surface area contributed by atoms with Gasteiger partial charge in [-0.2, -0.15) is 0 Å². The first kappa shape index (κ1) is 15.7. The summed E-state index contributed by atoms with van der Waals surface area (Å²) >= 11 is 1.31. The van der Waals surface area contributed by atoms with E-state index in [0.717, 1.165) is 11.3 Å². The molecule has 4 rings (SSSR count). The van der Waals surface area contributed by atoms with E-state index in [1.165, 1.54) is 23.9 Å². The molecule has 2 heterocycles. The van der Waals surface area contributed by atoms with Gasteiger partial charge in [-0.1, -0.05) is 11.8 Å². The minimum Gasteiger partial charge on any atom is -0.454 e. The van der Waals surface area contributed by atoms with Crippen molar-refractivity contribution >= 4 is 17.5 Å². The summed E-state index contributed by atoms with van der Waals surface area (Å²) in [4.78, 5) is 19.7. The van der Waals surface area contributed by atoms with E-state index >= 15 is 0 Å². The molecule has 0 bridgehead atoms. The Kier molecular flexibility index (Phi) is 4.15. The highest BCUT2D eigenvalue weighted by Crippen LogP contribution is 2.33. The van der Waals surface area contributed by atoms with Gasteiger partial charge in [-0.05, 0) is 48.0 Å². The number of carbonyl (C=O) groups excluding carboxylic acids is 1. The van der Waals surface area contributed by atoms with Gasteiger partial charge in [-0.3, -0.25) is 4.79 Å². The standard InChI is InChI=1S/C18H13FN2O3S/c19-13-4-1-11(2-5-13)14-8-20-18(21-14)25-9-15(22)12-3-6-16-17(7-12)24-10-23-16/h1-8H,9-10H2,(H,20,21). The Morgan fingerprint density at radius 2 is 1.96 bits per heavy atom. The second-order valence-corrected chi connectivity index (χ2v) is 6.35. The predicted octanol–water partition coefficient (Wildman–Crippen LogP) is 3.92. The zero-order valence-electron chi connectivity index (χ0n) is 13.0. The van der Waals surface area contributed by atoms with Crippen LogP contribution in [0.15, 0.2) is 53.8 Å². The SMILES string of the molecule is O=C(CSc1ncc(-c2ccc(F)cc2)[nH]1)c1ccc2c(c1)OCO2. The maximum atomic E-state index is 13.0. The van der Waals surface area contributed by atoms with Crippen LogP contribution in [0.3, 0.4) is 0 Å². The van der Waals surface area contributed by atoms with Gasteiger partial charge >= 0.3 is 0 Å². The summed E-state index contributed by atoms with van der Waals surface area (Å²) in [7, 11) is 0. The van der Waals surface area contributed by atoms with Crippen LogP contribution in [0.2, 0.25) is 0 Å². The summed E-state index contributed by atoms with van der Waals surface area (Å²) in [6, 6.07) is 11.3. The molecule has 1 aromatic heterocycles. The lowest BCUT2D eigenvalue weighted by molar-refractivity contribution is 0.102. The number of H-pyrrole nitrogens is 1. The number of ether oxygens (including phenoxy) is 2. The molecule has 1 aliphatic heterocycles. The third-order valence-electron chi connectivity index (χ3n) is 3.74. The summed E-state index contributed by atoms with van der Waals surface area (Å²) < 4.78 is 23.5. The maximum absolute atomic E-state index is 13.0. The number of nitrogens with one attached hydrogen (secondary N) is 1. The lowest BCUT2D eigenvalue weighted by atomic mass is 10.1. The van der Waals surface area contributed by atoms with Gasteiger partial charge in [0.2, 0.25) is 6.79 Å². The number of aromatic nitrogens is 2. The minimum atomic E-state index is -0.285. The molecule has 126 valence electrons. The lowest BCUT2D eigenvalue weighted by Crippen LogP contribution is -2.02. The monoisotopic (exact) mass is 356 g/mol. The average molecular weight is 356 g/mol. The van der Waals surface area contributed by atoms with E-state index in [1.54, 1.807) is 36.5 Å². The Morgan fingerprint density at radius 3 is 2.80 bits per heavy atom. The second-order valence-electron chi connectivity index (χ2n) is 5.39. The molecule has 0 spiro atoms. The molecule has 2 aromatic carbocycles. The molecule has 0 saturated heterocycles. The van der Waals surface area contributed by atoms with E-state index in [-0.39, 0.29) is 24.1 Å². The normalized spacial score (nSPS) is 12.4. The molecule has 0 saturated carbocycles. The molecule has 3 aromatic rings. The molecule has 0 radical (unpaired) electrons. The number of halogens is 1. The number of benzene rings is 2. The number of imidazole rings is 1. The number of thioether (sulfide) groups is 1. The van der Waals surface area contributed by atoms with Crippen molar-refractivity contribution in [2.75, 3.05) is 12.5 Å². The third kappa shape index (κ3) is 3.36. The summed E-state index contributed by atoms with van der Waals surface area (Å²) in [5.41, 5.74) is 2.18. The zero-order valence-corrected chi connectivity index (χ0v) is 13.8. The van der Waals surface area contributed by atoms with Gasteiger partial charge in [0.25, 0.3) is 0 Å². The number of aromatic amines is 1. The minimum absolute atomic E-state index is 0.0250. The molecular formula is C18H13FN2O3S. The Hall–Kier alpha value is -2.80. The number of rotatable bonds is 5. The first-order chi connectivity index (χ1) is 12.2. The van der Waals surface area contributed by atoms with Crippen LogP contribution in [-0.4, -0.2) is 28.3 Å². The number of hydrogen-bond acceptors (Lipinski definition) is 5. The van der Waals surface area contributed by atoms with Crippen LogP contribution < -0.4 is 9.47 Å². The van der Waals surface area contributed by atoms with Crippen LogP contribution in [0.1, 0.15) is 10.4 Å². The van der Waals surface area contributed by atoms with Crippen molar-refractivity contribution in [2.45, 2.75) is 5.16 Å². The highest BCUT2D eigenvalue weighted by Gasteiger charge is 2.16. The van der Waals surface area contributed by atoms with Crippen molar-refractivity contribution in [1.82, 2.24) is 9.97 Å². The number of carbonyl (C=O) groups is 1. The zero-order chi connectivity index (χ0) is 17.2. The number of Topliss-reactive ketones (excluding diaryl/α,β-unsaturated/α-hetero) is 1. The number of fused-ring (bicyclic) bond motifs is 1. The van der Waals surface area contributed by atoms with Crippen LogP contribution in [0, 0.1) is 5.82 Å². The van der Waals surface area contributed by atoms with Crippen molar-refractivity contribution in [2.24, 2.45) is 0 Å². The summed E-state index contributed by atoms with van der Waals surface area (Å²) in [6.07, 6.45) is 1.67. The van der Waals surface area contributed by atoms with Gasteiger partial charge in [-0.25, -0.2) is 9.37 Å². The molecule has 7 heteroatoms. The lowest BCUT2D eigenvalue weighted by Gasteiger charge is -2.02. The molecule has 1 aliphatic rings. The molecule has 5 nitrogen and oxygen atoms in total. The maximum Gasteiger partial charge on any atom is 0.231 e. The van der Waals surface area contributed by atoms with E-state index in [4.69, 9.17) is 9.47 Å². The van der Waals surface area contributed by atoms with Gasteiger partial charge in [0, 0.05) is 5.56 Å². The van der Waals surface area contributed by atoms with Crippen molar-refractivity contribution in [3.63, 3.8) is 0 Å². The number of ketones is 1. The van der Waals surface area contributed by atoms with Crippen molar-refractivity contribution in [3.8, 4) is 22.8 Å². The Bertz CT molecular complexity index is 924. The highest BCUT2D eigenvalue weighted by molar-refractivity contribution is 7.99. The van der Waals surface area contributed by atoms with Crippen molar-refractivity contribution in [1.29, 1.82) is 0 Å². The van der Waals surface area contributed by atoms with Crippen molar-refractivity contribution < 1.29 is 18.7 Å². The smallest absolute Gasteiger partial charge is 0.231 e. The topological polar surface area (TPSA) is 64.2 Å². The van der Waals surface area contributed by atoms with Crippen LogP contribution in [0.5, 0.6) is 11.5 Å². The fraction of sp³-hybridized carbons (Fsp3) is 0.111. The van der Waals surface area contributed by atoms with Gasteiger partial charge in [-0.15, -0.1) is 0 Å². The summed E-state index contributed by atoms with van der Waals surface area (Å²) in [5.74, 6) is 1.18. The molecule has 0 aliphatic carbocycles. The molecule has 0 amide bonds. The average Bonchev–Trinajstić information content (AvgIpc) is 3.29. The third-order valence-corrected chi connectivity index (χ3v) is 4.63. The first-order valence-corrected chi connectivity index (χ1v) is 8.54. The number of hydrogen-bond donors (Lipinski definition) is 1. The van der Waals surface area contributed by atoms with E-state index in [1.807, 2.05) is 0 Å². The largest absolute Gasteiger partial charge is 0.454 e. The Balaban J connectivity index is 1.41. The molecule has 0 unspecified atom stereocenters. The molecule has 0 fully saturated rings. The van der Waals surface area contributed by atoms with Gasteiger partial charge in [0.15, 0.2) is 22.4 Å². The quantitative estimate of drug-likeness (QED) is 0.554. The summed E-state index contributed by atoms with van der Waals surface area (Å²) in [5, 5.41) is 0.633. The molecule has 25 heavy (non-hydrogen) atoms. The van der Waals surface area contributed by atoms with Crippen LogP contribution >= 0.6 is 11.8 Å². The highest BCUT2D eigenvalue weighted by atomic mass is 32.2. The molecule has 0 atom stereocenters. The fourth-order valence-corrected chi connectivity index (χ4v) is 3.18. The van der Waals surface area contributed by atoms with Crippen molar-refractivity contribution in [3.05, 3.63) is 60.0 Å². The van der Waals surface area contributed by atoms with E-state index < -0.39 is 0 Å². The van der Waals surface area contributed by atoms with Crippen LogP contribution in [0.4, 0.5) is 4.39 Å². The second kappa shape index (κ2) is 6.60. The Labute approximate surface area is 147 Å². The molecular weight excluding hydrogens is 343 g/mol. The first-order valence-electron chi connectivity index (χ1n) is 7.55. The van der Waals surface area contributed by atoms with Gasteiger partial charge in [0.05, 0.1) is 17.6 Å². The van der Waals surface area contributed by atoms with Crippen LogP contribution in [0.25, 0.3) is 11.3 Å². The molecule has 1 N–H and O–H groups in total. The fourth-order valence-electron chi connectivity index (χ4n) is 2.44. The van der Waals surface area contributed by atoms with E-state index in [2.05, 4.69) is 9.97 Å². The van der Waals surface area contributed by atoms with E-state index in [9.17, 15) is 9.18 Å². The summed E-state index contributed by atoms with van der Waals surface area (Å²) in [6.45, 7) is 0.181. The predicted molar refractivity (Wildman–Crippen MR) is 91.6 cm³/mol. The van der Waals surface area contributed by atoms with Gasteiger partial charge in [0.1, 0.15) is 5.82 Å². The number of nitrogens with zero attached hydrogens (tertiary/aromatic N) is 1. The van der Waals surface area contributed by atoms with E-state index in [0.29, 0.717) is 22.2 Å².